The summed E-state index contributed by atoms with van der Waals surface area (Å²) in [5.41, 5.74) is 1.98. The second-order valence-corrected chi connectivity index (χ2v) is 4.10. The zero-order chi connectivity index (χ0) is 12.4. The van der Waals surface area contributed by atoms with Crippen LogP contribution in [0.15, 0.2) is 54.7 Å². The quantitative estimate of drug-likeness (QED) is 0.680. The monoisotopic (exact) mass is 236 g/mol. The minimum Gasteiger partial charge on any atom is -0.455 e. The van der Waals surface area contributed by atoms with Crippen molar-refractivity contribution in [1.82, 2.24) is 10.2 Å². The Morgan fingerprint density at radius 1 is 0.944 bits per heavy atom. The summed E-state index contributed by atoms with van der Waals surface area (Å²) in [7, 11) is 0. The van der Waals surface area contributed by atoms with E-state index in [0.29, 0.717) is 0 Å². The van der Waals surface area contributed by atoms with Crippen molar-refractivity contribution in [3.05, 3.63) is 60.3 Å². The van der Waals surface area contributed by atoms with E-state index < -0.39 is 0 Å². The van der Waals surface area contributed by atoms with Gasteiger partial charge in [0.2, 0.25) is 0 Å². The molecule has 18 heavy (non-hydrogen) atoms. The highest BCUT2D eigenvalue weighted by Crippen LogP contribution is 2.28. The SMILES string of the molecule is Cc1cccc2c(Oc3ccccc3)cnnc12. The predicted molar refractivity (Wildman–Crippen MR) is 70.8 cm³/mol. The smallest absolute Gasteiger partial charge is 0.156 e. The highest BCUT2D eigenvalue weighted by molar-refractivity contribution is 5.86. The van der Waals surface area contributed by atoms with E-state index in [4.69, 9.17) is 4.74 Å². The molecule has 0 spiro atoms. The number of hydrogen-bond acceptors (Lipinski definition) is 3. The first-order valence-electron chi connectivity index (χ1n) is 5.78. The normalized spacial score (nSPS) is 10.5. The molecule has 0 aliphatic heterocycles. The van der Waals surface area contributed by atoms with Gasteiger partial charge in [-0.2, -0.15) is 5.10 Å². The predicted octanol–water partition coefficient (Wildman–Crippen LogP) is 3.73. The van der Waals surface area contributed by atoms with E-state index in [1.165, 1.54) is 0 Å². The molecule has 0 aliphatic carbocycles. The average molecular weight is 236 g/mol. The molecule has 88 valence electrons. The molecule has 3 rings (SSSR count). The van der Waals surface area contributed by atoms with Crippen LogP contribution in [0.2, 0.25) is 0 Å². The first kappa shape index (κ1) is 10.7. The first-order valence-corrected chi connectivity index (χ1v) is 5.78. The molecule has 0 fully saturated rings. The fraction of sp³-hybridized carbons (Fsp3) is 0.0667. The average Bonchev–Trinajstić information content (AvgIpc) is 2.41. The van der Waals surface area contributed by atoms with E-state index in [2.05, 4.69) is 10.2 Å². The molecule has 0 aliphatic rings. The highest BCUT2D eigenvalue weighted by atomic mass is 16.5. The van der Waals surface area contributed by atoms with Crippen molar-refractivity contribution in [3.8, 4) is 11.5 Å². The molecular formula is C15H12N2O. The van der Waals surface area contributed by atoms with E-state index in [9.17, 15) is 0 Å². The van der Waals surface area contributed by atoms with Crippen molar-refractivity contribution in [2.24, 2.45) is 0 Å². The Kier molecular flexibility index (Phi) is 2.65. The van der Waals surface area contributed by atoms with Crippen molar-refractivity contribution >= 4 is 10.9 Å². The van der Waals surface area contributed by atoms with Gasteiger partial charge in [-0.3, -0.25) is 0 Å². The zero-order valence-corrected chi connectivity index (χ0v) is 10.00. The van der Waals surface area contributed by atoms with Gasteiger partial charge >= 0.3 is 0 Å². The molecule has 2 aromatic carbocycles. The third kappa shape index (κ3) is 1.91. The van der Waals surface area contributed by atoms with Crippen LogP contribution in [0.5, 0.6) is 11.5 Å². The summed E-state index contributed by atoms with van der Waals surface area (Å²) in [5.74, 6) is 1.53. The lowest BCUT2D eigenvalue weighted by Crippen LogP contribution is -1.91. The van der Waals surface area contributed by atoms with Crippen LogP contribution in [0.1, 0.15) is 5.56 Å². The maximum atomic E-state index is 5.84. The van der Waals surface area contributed by atoms with Crippen molar-refractivity contribution in [2.75, 3.05) is 0 Å². The van der Waals surface area contributed by atoms with Gasteiger partial charge in [0.25, 0.3) is 0 Å². The van der Waals surface area contributed by atoms with E-state index >= 15 is 0 Å². The number of fused-ring (bicyclic) bond motifs is 1. The third-order valence-corrected chi connectivity index (χ3v) is 2.81. The zero-order valence-electron chi connectivity index (χ0n) is 10.00. The van der Waals surface area contributed by atoms with Crippen LogP contribution in [-0.4, -0.2) is 10.2 Å². The lowest BCUT2D eigenvalue weighted by molar-refractivity contribution is 0.485. The van der Waals surface area contributed by atoms with Gasteiger partial charge in [0.05, 0.1) is 11.7 Å². The van der Waals surface area contributed by atoms with Gasteiger partial charge in [-0.15, -0.1) is 5.10 Å². The van der Waals surface area contributed by atoms with E-state index in [1.807, 2.05) is 55.5 Å². The number of rotatable bonds is 2. The maximum Gasteiger partial charge on any atom is 0.156 e. The topological polar surface area (TPSA) is 35.0 Å². The Hall–Kier alpha value is -2.42. The van der Waals surface area contributed by atoms with Crippen LogP contribution in [0.3, 0.4) is 0 Å². The molecular weight excluding hydrogens is 224 g/mol. The summed E-state index contributed by atoms with van der Waals surface area (Å²) in [4.78, 5) is 0. The largest absolute Gasteiger partial charge is 0.455 e. The van der Waals surface area contributed by atoms with Crippen LogP contribution in [-0.2, 0) is 0 Å². The van der Waals surface area contributed by atoms with E-state index in [-0.39, 0.29) is 0 Å². The summed E-state index contributed by atoms with van der Waals surface area (Å²) in [5, 5.41) is 9.13. The Morgan fingerprint density at radius 2 is 1.78 bits per heavy atom. The Bertz CT molecular complexity index is 680. The van der Waals surface area contributed by atoms with Crippen LogP contribution in [0.25, 0.3) is 10.9 Å². The van der Waals surface area contributed by atoms with Gasteiger partial charge < -0.3 is 4.74 Å². The maximum absolute atomic E-state index is 5.84. The number of hydrogen-bond donors (Lipinski definition) is 0. The summed E-state index contributed by atoms with van der Waals surface area (Å²) >= 11 is 0. The summed E-state index contributed by atoms with van der Waals surface area (Å²) < 4.78 is 5.84. The minimum atomic E-state index is 0.731. The fourth-order valence-electron chi connectivity index (χ4n) is 1.90. The van der Waals surface area contributed by atoms with Gasteiger partial charge in [0.1, 0.15) is 5.75 Å². The van der Waals surface area contributed by atoms with Gasteiger partial charge in [0, 0.05) is 5.39 Å². The van der Waals surface area contributed by atoms with Gasteiger partial charge in [0.15, 0.2) is 5.75 Å². The lowest BCUT2D eigenvalue weighted by Gasteiger charge is -2.08. The molecule has 1 aromatic heterocycles. The van der Waals surface area contributed by atoms with Crippen LogP contribution >= 0.6 is 0 Å². The standard InChI is InChI=1S/C15H12N2O/c1-11-6-5-9-13-14(10-16-17-15(11)13)18-12-7-3-2-4-8-12/h2-10H,1H3. The Morgan fingerprint density at radius 3 is 2.61 bits per heavy atom. The van der Waals surface area contributed by atoms with Gasteiger partial charge in [-0.1, -0.05) is 30.3 Å². The number of aromatic nitrogens is 2. The van der Waals surface area contributed by atoms with Crippen LogP contribution in [0, 0.1) is 6.92 Å². The molecule has 0 saturated carbocycles. The number of para-hydroxylation sites is 1. The molecule has 3 heteroatoms. The summed E-state index contributed by atoms with van der Waals surface area (Å²) in [6.07, 6.45) is 1.65. The molecule has 3 nitrogen and oxygen atoms in total. The fourth-order valence-corrected chi connectivity index (χ4v) is 1.90. The molecule has 3 aromatic rings. The minimum absolute atomic E-state index is 0.731. The molecule has 0 bridgehead atoms. The van der Waals surface area contributed by atoms with Crippen molar-refractivity contribution < 1.29 is 4.74 Å². The lowest BCUT2D eigenvalue weighted by atomic mass is 10.1. The molecule has 0 saturated heterocycles. The van der Waals surface area contributed by atoms with Gasteiger partial charge in [-0.25, -0.2) is 0 Å². The van der Waals surface area contributed by atoms with Crippen LogP contribution in [0.4, 0.5) is 0 Å². The van der Waals surface area contributed by atoms with Crippen molar-refractivity contribution in [3.63, 3.8) is 0 Å². The first-order chi connectivity index (χ1) is 8.84. The second kappa shape index (κ2) is 4.45. The van der Waals surface area contributed by atoms with Gasteiger partial charge in [-0.05, 0) is 30.7 Å². The Balaban J connectivity index is 2.10. The molecule has 0 radical (unpaired) electrons. The van der Waals surface area contributed by atoms with E-state index in [1.54, 1.807) is 6.20 Å². The molecule has 0 unspecified atom stereocenters. The highest BCUT2D eigenvalue weighted by Gasteiger charge is 2.06. The number of nitrogens with zero attached hydrogens (tertiary/aromatic N) is 2. The molecule has 0 amide bonds. The van der Waals surface area contributed by atoms with Crippen molar-refractivity contribution in [1.29, 1.82) is 0 Å². The second-order valence-electron chi connectivity index (χ2n) is 4.10. The molecule has 0 N–H and O–H groups in total. The number of benzene rings is 2. The van der Waals surface area contributed by atoms with Crippen LogP contribution < -0.4 is 4.74 Å². The van der Waals surface area contributed by atoms with E-state index in [0.717, 1.165) is 28.0 Å². The number of aryl methyl sites for hydroxylation is 1. The van der Waals surface area contributed by atoms with Crippen molar-refractivity contribution in [2.45, 2.75) is 6.92 Å². The third-order valence-electron chi connectivity index (χ3n) is 2.81. The summed E-state index contributed by atoms with van der Waals surface area (Å²) in [6.45, 7) is 2.02. The Labute approximate surface area is 105 Å². The number of ether oxygens (including phenoxy) is 1. The molecule has 0 atom stereocenters. The summed E-state index contributed by atoms with van der Waals surface area (Å²) in [6, 6.07) is 15.7. The molecule has 1 heterocycles.